The van der Waals surface area contributed by atoms with E-state index in [2.05, 4.69) is 10.6 Å². The average molecular weight is 587 g/mol. The zero-order valence-electron chi connectivity index (χ0n) is 20.7. The predicted molar refractivity (Wildman–Crippen MR) is 142 cm³/mol. The van der Waals surface area contributed by atoms with Gasteiger partial charge in [-0.1, -0.05) is 43.7 Å². The first-order valence-electron chi connectivity index (χ1n) is 12.4. The Morgan fingerprint density at radius 1 is 0.769 bits per heavy atom. The number of fused-ring (bicyclic) bond motifs is 1. The van der Waals surface area contributed by atoms with Crippen molar-refractivity contribution < 1.29 is 32.6 Å². The number of benzene rings is 3. The molecule has 1 aliphatic heterocycles. The molecule has 210 valence electrons. The van der Waals surface area contributed by atoms with Gasteiger partial charge in [-0.15, -0.1) is 0 Å². The lowest BCUT2D eigenvalue weighted by Crippen LogP contribution is -2.32. The Morgan fingerprint density at radius 3 is 2.00 bits per heavy atom. The van der Waals surface area contributed by atoms with Crippen molar-refractivity contribution in [3.05, 3.63) is 77.9 Å². The molecule has 0 unspecified atom stereocenters. The van der Waals surface area contributed by atoms with Gasteiger partial charge >= 0.3 is 10.2 Å². The fourth-order valence-electron chi connectivity index (χ4n) is 5.16. The van der Waals surface area contributed by atoms with Gasteiger partial charge in [0, 0.05) is 18.3 Å². The highest BCUT2D eigenvalue weighted by Gasteiger charge is 2.65. The van der Waals surface area contributed by atoms with E-state index >= 15 is 0 Å². The SMILES string of the molecule is O=C1Cc2ccc(-c3ccc(S(=O)(=O)C4CCC(Nc5ccc(S(F)(F)(F)(F)F)cc5)CC4)cc3)cc2CN1. The molecule has 1 saturated carbocycles. The van der Waals surface area contributed by atoms with Crippen molar-refractivity contribution in [2.45, 2.75) is 59.7 Å². The van der Waals surface area contributed by atoms with Crippen LogP contribution in [-0.4, -0.2) is 25.6 Å². The van der Waals surface area contributed by atoms with Gasteiger partial charge in [-0.3, -0.25) is 4.79 Å². The van der Waals surface area contributed by atoms with Crippen molar-refractivity contribution in [3.8, 4) is 11.1 Å². The number of nitrogens with one attached hydrogen (secondary N) is 2. The van der Waals surface area contributed by atoms with Crippen LogP contribution in [0.15, 0.2) is 76.5 Å². The maximum Gasteiger partial charge on any atom is 0.310 e. The molecule has 0 radical (unpaired) electrons. The third-order valence-corrected chi connectivity index (χ3v) is 10.8. The largest absolute Gasteiger partial charge is 0.382 e. The summed E-state index contributed by atoms with van der Waals surface area (Å²) in [5, 5.41) is 5.25. The van der Waals surface area contributed by atoms with Gasteiger partial charge in [-0.2, -0.15) is 0 Å². The van der Waals surface area contributed by atoms with E-state index in [-0.39, 0.29) is 22.5 Å². The Morgan fingerprint density at radius 2 is 1.38 bits per heavy atom. The first-order valence-corrected chi connectivity index (χ1v) is 15.9. The quantitative estimate of drug-likeness (QED) is 0.296. The van der Waals surface area contributed by atoms with Gasteiger partial charge in [0.2, 0.25) is 5.91 Å². The van der Waals surface area contributed by atoms with Crippen molar-refractivity contribution in [1.29, 1.82) is 0 Å². The van der Waals surface area contributed by atoms with Crippen molar-refractivity contribution in [3.63, 3.8) is 0 Å². The van der Waals surface area contributed by atoms with Crippen LogP contribution in [0.25, 0.3) is 11.1 Å². The molecule has 2 aliphatic rings. The van der Waals surface area contributed by atoms with Crippen LogP contribution in [0, 0.1) is 0 Å². The lowest BCUT2D eigenvalue weighted by molar-refractivity contribution is -0.121. The molecule has 0 spiro atoms. The number of rotatable bonds is 6. The lowest BCUT2D eigenvalue weighted by Gasteiger charge is -2.40. The molecule has 3 aromatic rings. The molecule has 1 aliphatic carbocycles. The van der Waals surface area contributed by atoms with Gasteiger partial charge in [0.1, 0.15) is 4.90 Å². The van der Waals surface area contributed by atoms with Crippen molar-refractivity contribution >= 4 is 31.7 Å². The number of hydrogen-bond donors (Lipinski definition) is 2. The molecule has 1 fully saturated rings. The summed E-state index contributed by atoms with van der Waals surface area (Å²) in [6.45, 7) is 0.460. The molecular formula is C27H27F5N2O3S2. The minimum Gasteiger partial charge on any atom is -0.382 e. The molecule has 0 bridgehead atoms. The topological polar surface area (TPSA) is 75.3 Å². The van der Waals surface area contributed by atoms with E-state index in [0.717, 1.165) is 34.4 Å². The number of amides is 1. The molecule has 0 saturated heterocycles. The number of hydrogen-bond acceptors (Lipinski definition) is 4. The second-order valence-corrected chi connectivity index (χ2v) is 14.8. The Balaban J connectivity index is 1.21. The molecule has 2 N–H and O–H groups in total. The van der Waals surface area contributed by atoms with Gasteiger partial charge in [0.05, 0.1) is 16.6 Å². The van der Waals surface area contributed by atoms with Crippen LogP contribution in [0.5, 0.6) is 0 Å². The summed E-state index contributed by atoms with van der Waals surface area (Å²) in [4.78, 5) is 9.85. The minimum absolute atomic E-state index is 0.0116. The summed E-state index contributed by atoms with van der Waals surface area (Å²) >= 11 is 0. The Hall–Kier alpha value is -3.12. The summed E-state index contributed by atoms with van der Waals surface area (Å²) < 4.78 is 91.2. The van der Waals surface area contributed by atoms with Crippen LogP contribution in [0.3, 0.4) is 0 Å². The summed E-state index contributed by atoms with van der Waals surface area (Å²) in [5.41, 5.74) is 4.07. The minimum atomic E-state index is -9.72. The Labute approximate surface area is 223 Å². The van der Waals surface area contributed by atoms with Gasteiger partial charge in [0.15, 0.2) is 9.84 Å². The highest BCUT2D eigenvalue weighted by Crippen LogP contribution is 3.02. The monoisotopic (exact) mass is 586 g/mol. The van der Waals surface area contributed by atoms with Crippen molar-refractivity contribution in [2.75, 3.05) is 5.32 Å². The highest BCUT2D eigenvalue weighted by atomic mass is 32.5. The van der Waals surface area contributed by atoms with Crippen molar-refractivity contribution in [1.82, 2.24) is 5.32 Å². The van der Waals surface area contributed by atoms with Gasteiger partial charge in [0.25, 0.3) is 0 Å². The molecular weight excluding hydrogens is 559 g/mol. The number of carbonyl (C=O) groups excluding carboxylic acids is 1. The zero-order valence-corrected chi connectivity index (χ0v) is 22.3. The van der Waals surface area contributed by atoms with Gasteiger partial charge in [-0.05, 0) is 90.4 Å². The summed E-state index contributed by atoms with van der Waals surface area (Å²) in [5.74, 6) is -0.0116. The Bertz CT molecular complexity index is 1520. The van der Waals surface area contributed by atoms with Gasteiger partial charge in [-0.25, -0.2) is 8.42 Å². The van der Waals surface area contributed by atoms with E-state index in [1.54, 1.807) is 24.3 Å². The van der Waals surface area contributed by atoms with Crippen LogP contribution in [0.1, 0.15) is 36.8 Å². The average Bonchev–Trinajstić information content (AvgIpc) is 2.88. The third-order valence-electron chi connectivity index (χ3n) is 7.33. The zero-order chi connectivity index (χ0) is 28.1. The van der Waals surface area contributed by atoms with E-state index in [4.69, 9.17) is 0 Å². The molecule has 5 nitrogen and oxygen atoms in total. The molecule has 1 amide bonds. The van der Waals surface area contributed by atoms with E-state index in [1.165, 1.54) is 0 Å². The number of sulfone groups is 1. The number of carbonyl (C=O) groups is 1. The van der Waals surface area contributed by atoms with Crippen LogP contribution in [0.4, 0.5) is 25.1 Å². The van der Waals surface area contributed by atoms with E-state index in [9.17, 15) is 32.6 Å². The summed E-state index contributed by atoms with van der Waals surface area (Å²) in [7, 11) is -13.3. The van der Waals surface area contributed by atoms with Crippen LogP contribution in [-0.2, 0) is 27.6 Å². The first-order chi connectivity index (χ1) is 18.1. The molecule has 12 heteroatoms. The molecule has 5 rings (SSSR count). The molecule has 3 aromatic carbocycles. The molecule has 0 aromatic heterocycles. The second-order valence-electron chi connectivity index (χ2n) is 10.1. The number of halogens is 5. The molecule has 39 heavy (non-hydrogen) atoms. The fraction of sp³-hybridized carbons (Fsp3) is 0.296. The normalized spacial score (nSPS) is 21.7. The lowest BCUT2D eigenvalue weighted by atomic mass is 9.95. The van der Waals surface area contributed by atoms with E-state index in [0.29, 0.717) is 50.8 Å². The Kier molecular flexibility index (Phi) is 6.30. The fourth-order valence-corrected chi connectivity index (χ4v) is 7.61. The summed E-state index contributed by atoms with van der Waals surface area (Å²) in [6, 6.07) is 15.0. The molecule has 1 heterocycles. The molecule has 0 atom stereocenters. The van der Waals surface area contributed by atoms with Crippen LogP contribution < -0.4 is 10.6 Å². The standard InChI is InChI=1S/C27H27F5N2O3S2/c28-39(29,30,31,32)26-13-7-23(8-14-26)34-22-5-11-25(12-6-22)38(36,37)24-9-3-18(4-10-24)19-1-2-20-16-27(35)33-17-21(20)15-19/h1-4,7-10,13-15,22,25,34H,5-6,11-12,16-17H2,(H,33,35). The van der Waals surface area contributed by atoms with E-state index in [1.807, 2.05) is 18.2 Å². The highest BCUT2D eigenvalue weighted by molar-refractivity contribution is 8.45. The third kappa shape index (κ3) is 6.06. The van der Waals surface area contributed by atoms with Gasteiger partial charge < -0.3 is 10.6 Å². The maximum atomic E-state index is 13.3. The van der Waals surface area contributed by atoms with E-state index < -0.39 is 30.2 Å². The smallest absolute Gasteiger partial charge is 0.310 e. The van der Waals surface area contributed by atoms with Crippen LogP contribution >= 0.6 is 10.2 Å². The summed E-state index contributed by atoms with van der Waals surface area (Å²) in [6.07, 6.45) is 2.01. The number of anilines is 1. The van der Waals surface area contributed by atoms with Crippen LogP contribution in [0.2, 0.25) is 0 Å². The van der Waals surface area contributed by atoms with Crippen molar-refractivity contribution in [2.24, 2.45) is 0 Å². The maximum absolute atomic E-state index is 13.3. The second kappa shape index (κ2) is 8.95. The first kappa shape index (κ1) is 27.4. The predicted octanol–water partition coefficient (Wildman–Crippen LogP) is 7.38.